The van der Waals surface area contributed by atoms with Gasteiger partial charge >= 0.3 is 0 Å². The van der Waals surface area contributed by atoms with Gasteiger partial charge in [-0.25, -0.2) is 0 Å². The summed E-state index contributed by atoms with van der Waals surface area (Å²) >= 11 is 0. The summed E-state index contributed by atoms with van der Waals surface area (Å²) in [7, 11) is 3.08. The molecule has 9 nitrogen and oxygen atoms in total. The highest BCUT2D eigenvalue weighted by Crippen LogP contribution is 2.66. The van der Waals surface area contributed by atoms with Gasteiger partial charge in [0, 0.05) is 25.3 Å². The molecule has 2 bridgehead atoms. The van der Waals surface area contributed by atoms with Crippen LogP contribution in [-0.2, 0) is 16.6 Å². The van der Waals surface area contributed by atoms with Gasteiger partial charge in [-0.1, -0.05) is 12.1 Å². The van der Waals surface area contributed by atoms with Crippen LogP contribution in [0.4, 0.5) is 0 Å². The van der Waals surface area contributed by atoms with Crippen molar-refractivity contribution in [1.29, 1.82) is 0 Å². The summed E-state index contributed by atoms with van der Waals surface area (Å²) < 4.78 is 23.4. The first-order valence-electron chi connectivity index (χ1n) is 14.4. The summed E-state index contributed by atoms with van der Waals surface area (Å²) in [5.41, 5.74) is 1.00. The van der Waals surface area contributed by atoms with Crippen LogP contribution in [0.25, 0.3) is 0 Å². The molecule has 3 heterocycles. The monoisotopic (exact) mass is 546 g/mol. The van der Waals surface area contributed by atoms with E-state index in [0.717, 1.165) is 30.6 Å². The number of aliphatic hydroxyl groups is 1. The van der Waals surface area contributed by atoms with Crippen LogP contribution in [0.15, 0.2) is 30.3 Å². The zero-order valence-electron chi connectivity index (χ0n) is 22.9. The van der Waals surface area contributed by atoms with Crippen molar-refractivity contribution < 1.29 is 33.6 Å². The number of fused-ring (bicyclic) bond motifs is 1. The highest BCUT2D eigenvalue weighted by Gasteiger charge is 2.74. The summed E-state index contributed by atoms with van der Waals surface area (Å²) in [5, 5.41) is 12.8. The second-order valence-electron chi connectivity index (χ2n) is 12.3. The van der Waals surface area contributed by atoms with Crippen molar-refractivity contribution in [1.82, 2.24) is 9.80 Å². The Bertz CT molecular complexity index is 1440. The van der Waals surface area contributed by atoms with Gasteiger partial charge in [0.1, 0.15) is 11.9 Å². The first kappa shape index (κ1) is 24.6. The summed E-state index contributed by atoms with van der Waals surface area (Å²) in [4.78, 5) is 31.6. The van der Waals surface area contributed by atoms with Crippen molar-refractivity contribution in [3.05, 3.63) is 52.6 Å². The number of piperidine rings is 1. The molecule has 5 atom stereocenters. The van der Waals surface area contributed by atoms with Gasteiger partial charge in [0.2, 0.25) is 0 Å². The molecular formula is C31H34N2O7. The highest BCUT2D eigenvalue weighted by atomic mass is 16.7. The Balaban J connectivity index is 1.26. The lowest BCUT2D eigenvalue weighted by Crippen LogP contribution is -2.78. The number of likely N-dealkylation sites (tertiary alicyclic amines) is 1. The molecular weight excluding hydrogens is 512 g/mol. The third kappa shape index (κ3) is 2.98. The molecule has 2 unspecified atom stereocenters. The number of carbonyl (C=O) groups is 2. The molecule has 0 radical (unpaired) electrons. The zero-order valence-corrected chi connectivity index (χ0v) is 22.9. The minimum Gasteiger partial charge on any atom is -0.496 e. The fourth-order valence-electron chi connectivity index (χ4n) is 8.69. The maximum Gasteiger partial charge on any atom is 0.265 e. The molecule has 40 heavy (non-hydrogen) atoms. The van der Waals surface area contributed by atoms with Crippen LogP contribution in [0.3, 0.4) is 0 Å². The molecule has 6 aliphatic rings. The van der Waals surface area contributed by atoms with Gasteiger partial charge in [0.25, 0.3) is 11.8 Å². The average molecular weight is 547 g/mol. The molecule has 3 aliphatic carbocycles. The fourth-order valence-corrected chi connectivity index (χ4v) is 8.69. The van der Waals surface area contributed by atoms with E-state index in [4.69, 9.17) is 18.9 Å². The topological polar surface area (TPSA) is 97.8 Å². The summed E-state index contributed by atoms with van der Waals surface area (Å²) in [6, 6.07) is 8.57. The number of carbonyl (C=O) groups excluding carboxylic acids is 2. The number of hydrogen-bond donors (Lipinski definition) is 1. The Morgan fingerprint density at radius 1 is 1.05 bits per heavy atom. The Morgan fingerprint density at radius 3 is 2.67 bits per heavy atom. The zero-order chi connectivity index (χ0) is 27.4. The number of ether oxygens (including phenoxy) is 4. The van der Waals surface area contributed by atoms with Gasteiger partial charge in [0.15, 0.2) is 18.3 Å². The third-order valence-corrected chi connectivity index (χ3v) is 10.5. The fraction of sp³-hybridized carbons (Fsp3) is 0.548. The van der Waals surface area contributed by atoms with E-state index in [1.807, 2.05) is 6.07 Å². The van der Waals surface area contributed by atoms with E-state index in [9.17, 15) is 14.7 Å². The van der Waals surface area contributed by atoms with Crippen LogP contribution in [-0.4, -0.2) is 84.6 Å². The Labute approximate surface area is 232 Å². The molecule has 1 N–H and O–H groups in total. The van der Waals surface area contributed by atoms with Crippen molar-refractivity contribution in [2.24, 2.45) is 5.92 Å². The molecule has 3 aliphatic heterocycles. The smallest absolute Gasteiger partial charge is 0.265 e. The van der Waals surface area contributed by atoms with Gasteiger partial charge in [-0.05, 0) is 74.8 Å². The number of methoxy groups -OCH3 is 2. The largest absolute Gasteiger partial charge is 0.496 e. The highest BCUT2D eigenvalue weighted by molar-refractivity contribution is 6.23. The van der Waals surface area contributed by atoms with Crippen molar-refractivity contribution in [3.63, 3.8) is 0 Å². The van der Waals surface area contributed by atoms with E-state index in [-0.39, 0.29) is 24.6 Å². The lowest BCUT2D eigenvalue weighted by Gasteiger charge is -2.64. The van der Waals surface area contributed by atoms with Crippen molar-refractivity contribution in [2.45, 2.75) is 67.7 Å². The number of imide groups is 1. The first-order chi connectivity index (χ1) is 19.4. The molecule has 9 heteroatoms. The molecule has 3 fully saturated rings. The van der Waals surface area contributed by atoms with Crippen LogP contribution in [0, 0.1) is 5.92 Å². The van der Waals surface area contributed by atoms with Gasteiger partial charge in [-0.2, -0.15) is 0 Å². The number of hydrogen-bond acceptors (Lipinski definition) is 8. The summed E-state index contributed by atoms with van der Waals surface area (Å²) in [6.45, 7) is 1.91. The molecule has 8 rings (SSSR count). The Kier molecular flexibility index (Phi) is 5.20. The predicted molar refractivity (Wildman–Crippen MR) is 143 cm³/mol. The number of nitrogens with zero attached hydrogens (tertiary/aromatic N) is 2. The van der Waals surface area contributed by atoms with Crippen LogP contribution >= 0.6 is 0 Å². The van der Waals surface area contributed by atoms with E-state index in [1.165, 1.54) is 24.9 Å². The number of amides is 2. The molecule has 2 aromatic carbocycles. The molecule has 2 amide bonds. The molecule has 2 aromatic rings. The third-order valence-electron chi connectivity index (χ3n) is 10.5. The van der Waals surface area contributed by atoms with Crippen molar-refractivity contribution in [3.8, 4) is 17.2 Å². The van der Waals surface area contributed by atoms with Crippen molar-refractivity contribution in [2.75, 3.05) is 34.1 Å². The first-order valence-corrected chi connectivity index (χ1v) is 14.4. The SMILES string of the molecule is COCOc1ccc2c3c1OC1C(N4C(=O)c5cccc(OC)c5C4=O)CC[C@@]4(O)[C@@H](C2)N(CC2CC2)CC[C@]314. The maximum absolute atomic E-state index is 13.9. The average Bonchev–Trinajstić information content (AvgIpc) is 3.65. The molecule has 0 aromatic heterocycles. The van der Waals surface area contributed by atoms with Gasteiger partial charge in [-0.3, -0.25) is 19.4 Å². The maximum atomic E-state index is 13.9. The van der Waals surface area contributed by atoms with E-state index < -0.39 is 23.2 Å². The minimum atomic E-state index is -1.05. The van der Waals surface area contributed by atoms with Crippen LogP contribution < -0.4 is 14.2 Å². The molecule has 210 valence electrons. The quantitative estimate of drug-likeness (QED) is 0.418. The Morgan fingerprint density at radius 2 is 1.90 bits per heavy atom. The second-order valence-corrected chi connectivity index (χ2v) is 12.3. The van der Waals surface area contributed by atoms with Gasteiger partial charge < -0.3 is 24.1 Å². The van der Waals surface area contributed by atoms with E-state index >= 15 is 0 Å². The molecule has 1 spiro atoms. The van der Waals surface area contributed by atoms with E-state index in [0.29, 0.717) is 53.6 Å². The normalized spacial score (nSPS) is 33.5. The standard InChI is InChI=1S/C31H34N2O7/c1-37-16-39-22-9-8-18-14-23-31(36)11-10-20(33-28(34)19-4-3-5-21(38-2)24(19)29(33)35)27-30(31,25(18)26(22)40-27)12-13-32(23)15-17-6-7-17/h3-5,8-9,17,20,23,27,36H,6-7,10-16H2,1-2H3/t20?,23-,27?,30+,31-/m1/s1. The van der Waals surface area contributed by atoms with E-state index in [2.05, 4.69) is 11.0 Å². The lowest BCUT2D eigenvalue weighted by atomic mass is 9.48. The predicted octanol–water partition coefficient (Wildman–Crippen LogP) is 2.91. The van der Waals surface area contributed by atoms with E-state index in [1.54, 1.807) is 25.3 Å². The number of benzene rings is 2. The van der Waals surface area contributed by atoms with Crippen LogP contribution in [0.2, 0.25) is 0 Å². The number of rotatable bonds is 7. The second kappa shape index (κ2) is 8.44. The van der Waals surface area contributed by atoms with Crippen LogP contribution in [0.5, 0.6) is 17.2 Å². The summed E-state index contributed by atoms with van der Waals surface area (Å²) in [6.07, 6.45) is 4.29. The minimum absolute atomic E-state index is 0.0413. The van der Waals surface area contributed by atoms with Gasteiger partial charge in [0.05, 0.1) is 35.3 Å². The lowest BCUT2D eigenvalue weighted by molar-refractivity contribution is -0.196. The summed E-state index contributed by atoms with van der Waals surface area (Å²) in [5.74, 6) is 1.59. The van der Waals surface area contributed by atoms with Gasteiger partial charge in [-0.15, -0.1) is 0 Å². The molecule has 2 saturated carbocycles. The molecule has 1 saturated heterocycles. The Hall–Kier alpha value is -3.14. The van der Waals surface area contributed by atoms with Crippen molar-refractivity contribution >= 4 is 11.8 Å². The van der Waals surface area contributed by atoms with Crippen LogP contribution in [0.1, 0.15) is 63.9 Å².